The number of carbonyl (C=O) groups excluding carboxylic acids is 2. The average molecular weight is 335 g/mol. The van der Waals surface area contributed by atoms with Crippen molar-refractivity contribution in [1.82, 2.24) is 15.5 Å². The SMILES string of the molecule is CC(C)(C)NC(=O)N1CCC(NC(=O)Cc2ccccc2F)CC1. The van der Waals surface area contributed by atoms with Gasteiger partial charge in [0.05, 0.1) is 6.42 Å². The highest BCUT2D eigenvalue weighted by Gasteiger charge is 2.26. The minimum atomic E-state index is -0.360. The predicted octanol–water partition coefficient (Wildman–Crippen LogP) is 2.46. The van der Waals surface area contributed by atoms with E-state index in [1.165, 1.54) is 6.07 Å². The number of carbonyl (C=O) groups is 2. The molecule has 5 nitrogen and oxygen atoms in total. The van der Waals surface area contributed by atoms with E-state index < -0.39 is 0 Å². The number of hydrogen-bond donors (Lipinski definition) is 2. The average Bonchev–Trinajstić information content (AvgIpc) is 2.48. The van der Waals surface area contributed by atoms with E-state index in [0.717, 1.165) is 0 Å². The molecule has 2 rings (SSSR count). The number of hydrogen-bond acceptors (Lipinski definition) is 2. The molecule has 1 saturated heterocycles. The summed E-state index contributed by atoms with van der Waals surface area (Å²) < 4.78 is 13.6. The van der Waals surface area contributed by atoms with Crippen LogP contribution in [0.4, 0.5) is 9.18 Å². The molecule has 1 aliphatic heterocycles. The van der Waals surface area contributed by atoms with Crippen molar-refractivity contribution in [2.45, 2.75) is 51.6 Å². The molecule has 132 valence electrons. The number of amides is 3. The first-order valence-electron chi connectivity index (χ1n) is 8.34. The van der Waals surface area contributed by atoms with E-state index in [1.807, 2.05) is 20.8 Å². The van der Waals surface area contributed by atoms with Gasteiger partial charge in [-0.3, -0.25) is 4.79 Å². The summed E-state index contributed by atoms with van der Waals surface area (Å²) in [7, 11) is 0. The Hall–Kier alpha value is -2.11. The summed E-state index contributed by atoms with van der Waals surface area (Å²) in [5.74, 6) is -0.543. The van der Waals surface area contributed by atoms with Gasteiger partial charge in [0.15, 0.2) is 0 Å². The highest BCUT2D eigenvalue weighted by atomic mass is 19.1. The number of halogens is 1. The lowest BCUT2D eigenvalue weighted by Gasteiger charge is -2.34. The van der Waals surface area contributed by atoms with Gasteiger partial charge in [-0.2, -0.15) is 0 Å². The molecule has 6 heteroatoms. The number of benzene rings is 1. The zero-order valence-electron chi connectivity index (χ0n) is 14.6. The topological polar surface area (TPSA) is 61.4 Å². The molecule has 1 aliphatic rings. The molecule has 0 unspecified atom stereocenters. The minimum absolute atomic E-state index is 0.0305. The van der Waals surface area contributed by atoms with Crippen molar-refractivity contribution >= 4 is 11.9 Å². The minimum Gasteiger partial charge on any atom is -0.353 e. The van der Waals surface area contributed by atoms with Gasteiger partial charge in [0.1, 0.15) is 5.82 Å². The van der Waals surface area contributed by atoms with Gasteiger partial charge in [-0.25, -0.2) is 9.18 Å². The maximum absolute atomic E-state index is 13.6. The lowest BCUT2D eigenvalue weighted by atomic mass is 10.0. The molecule has 0 atom stereocenters. The molecule has 0 radical (unpaired) electrons. The maximum atomic E-state index is 13.6. The summed E-state index contributed by atoms with van der Waals surface area (Å²) >= 11 is 0. The normalized spacial score (nSPS) is 15.9. The molecule has 0 spiro atoms. The van der Waals surface area contributed by atoms with Gasteiger partial charge < -0.3 is 15.5 Å². The third-order valence-electron chi connectivity index (χ3n) is 3.94. The number of urea groups is 1. The first kappa shape index (κ1) is 18.2. The van der Waals surface area contributed by atoms with E-state index in [9.17, 15) is 14.0 Å². The first-order valence-corrected chi connectivity index (χ1v) is 8.34. The van der Waals surface area contributed by atoms with Crippen molar-refractivity contribution < 1.29 is 14.0 Å². The van der Waals surface area contributed by atoms with E-state index in [0.29, 0.717) is 31.5 Å². The zero-order chi connectivity index (χ0) is 17.7. The summed E-state index contributed by atoms with van der Waals surface area (Å²) in [5.41, 5.74) is 0.138. The molecule has 0 saturated carbocycles. The van der Waals surface area contributed by atoms with Crippen molar-refractivity contribution in [3.8, 4) is 0 Å². The lowest BCUT2D eigenvalue weighted by molar-refractivity contribution is -0.121. The molecule has 0 aromatic heterocycles. The molecular weight excluding hydrogens is 309 g/mol. The van der Waals surface area contributed by atoms with E-state index in [4.69, 9.17) is 0 Å². The summed E-state index contributed by atoms with van der Waals surface area (Å²) in [6, 6.07) is 6.26. The van der Waals surface area contributed by atoms with Crippen molar-refractivity contribution in [2.75, 3.05) is 13.1 Å². The van der Waals surface area contributed by atoms with Crippen LogP contribution in [-0.2, 0) is 11.2 Å². The van der Waals surface area contributed by atoms with Crippen LogP contribution in [0.5, 0.6) is 0 Å². The number of nitrogens with zero attached hydrogens (tertiary/aromatic N) is 1. The van der Waals surface area contributed by atoms with Crippen LogP contribution < -0.4 is 10.6 Å². The first-order chi connectivity index (χ1) is 11.2. The van der Waals surface area contributed by atoms with Crippen molar-refractivity contribution in [3.63, 3.8) is 0 Å². The van der Waals surface area contributed by atoms with E-state index in [1.54, 1.807) is 23.1 Å². The Morgan fingerprint density at radius 1 is 1.21 bits per heavy atom. The quantitative estimate of drug-likeness (QED) is 0.891. The van der Waals surface area contributed by atoms with Crippen LogP contribution in [0.3, 0.4) is 0 Å². The Kier molecular flexibility index (Phi) is 5.80. The van der Waals surface area contributed by atoms with Crippen LogP contribution in [0.1, 0.15) is 39.2 Å². The van der Waals surface area contributed by atoms with Gasteiger partial charge in [0.2, 0.25) is 5.91 Å². The van der Waals surface area contributed by atoms with Crippen LogP contribution in [0.2, 0.25) is 0 Å². The zero-order valence-corrected chi connectivity index (χ0v) is 14.6. The molecule has 1 fully saturated rings. The predicted molar refractivity (Wildman–Crippen MR) is 91.1 cm³/mol. The fraction of sp³-hybridized carbons (Fsp3) is 0.556. The lowest BCUT2D eigenvalue weighted by Crippen LogP contribution is -2.53. The van der Waals surface area contributed by atoms with Gasteiger partial charge in [-0.15, -0.1) is 0 Å². The highest BCUT2D eigenvalue weighted by Crippen LogP contribution is 2.13. The smallest absolute Gasteiger partial charge is 0.317 e. The third kappa shape index (κ3) is 5.51. The molecule has 1 heterocycles. The number of piperidine rings is 1. The fourth-order valence-electron chi connectivity index (χ4n) is 2.72. The van der Waals surface area contributed by atoms with E-state index >= 15 is 0 Å². The van der Waals surface area contributed by atoms with Crippen molar-refractivity contribution in [2.24, 2.45) is 0 Å². The Morgan fingerprint density at radius 2 is 1.83 bits per heavy atom. The number of likely N-dealkylation sites (tertiary alicyclic amines) is 1. The molecule has 0 bridgehead atoms. The number of nitrogens with one attached hydrogen (secondary N) is 2. The molecule has 3 amide bonds. The second kappa shape index (κ2) is 7.64. The maximum Gasteiger partial charge on any atom is 0.317 e. The van der Waals surface area contributed by atoms with E-state index in [-0.39, 0.29) is 35.8 Å². The van der Waals surface area contributed by atoms with Crippen LogP contribution in [0.15, 0.2) is 24.3 Å². The molecular formula is C18H26FN3O2. The molecule has 2 N–H and O–H groups in total. The van der Waals surface area contributed by atoms with Crippen molar-refractivity contribution in [3.05, 3.63) is 35.6 Å². The molecule has 1 aromatic carbocycles. The van der Waals surface area contributed by atoms with Crippen LogP contribution in [-0.4, -0.2) is 41.5 Å². The van der Waals surface area contributed by atoms with Gasteiger partial charge in [-0.1, -0.05) is 18.2 Å². The fourth-order valence-corrected chi connectivity index (χ4v) is 2.72. The second-order valence-electron chi connectivity index (χ2n) is 7.28. The Bertz CT molecular complexity index is 590. The standard InChI is InChI=1S/C18H26FN3O2/c1-18(2,3)21-17(24)22-10-8-14(9-11-22)20-16(23)12-13-6-4-5-7-15(13)19/h4-7,14H,8-12H2,1-3H3,(H,20,23)(H,21,24). The van der Waals surface area contributed by atoms with Crippen molar-refractivity contribution in [1.29, 1.82) is 0 Å². The largest absolute Gasteiger partial charge is 0.353 e. The van der Waals surface area contributed by atoms with Gasteiger partial charge in [0, 0.05) is 24.7 Å². The molecule has 0 aliphatic carbocycles. The molecule has 1 aromatic rings. The van der Waals surface area contributed by atoms with Gasteiger partial charge in [0.25, 0.3) is 0 Å². The third-order valence-corrected chi connectivity index (χ3v) is 3.94. The second-order valence-corrected chi connectivity index (χ2v) is 7.28. The van der Waals surface area contributed by atoms with Crippen LogP contribution in [0, 0.1) is 5.82 Å². The van der Waals surface area contributed by atoms with Crippen LogP contribution >= 0.6 is 0 Å². The van der Waals surface area contributed by atoms with Gasteiger partial charge >= 0.3 is 6.03 Å². The number of rotatable bonds is 3. The summed E-state index contributed by atoms with van der Waals surface area (Å²) in [5, 5.41) is 5.88. The Morgan fingerprint density at radius 3 is 2.42 bits per heavy atom. The Labute approximate surface area is 142 Å². The van der Waals surface area contributed by atoms with Crippen LogP contribution in [0.25, 0.3) is 0 Å². The van der Waals surface area contributed by atoms with Gasteiger partial charge in [-0.05, 0) is 45.2 Å². The summed E-state index contributed by atoms with van der Waals surface area (Å²) in [4.78, 5) is 25.9. The summed E-state index contributed by atoms with van der Waals surface area (Å²) in [6.45, 7) is 7.04. The Balaban J connectivity index is 1.77. The highest BCUT2D eigenvalue weighted by molar-refractivity contribution is 5.79. The monoisotopic (exact) mass is 335 g/mol. The summed E-state index contributed by atoms with van der Waals surface area (Å²) in [6.07, 6.45) is 1.46. The molecule has 24 heavy (non-hydrogen) atoms. The van der Waals surface area contributed by atoms with E-state index in [2.05, 4.69) is 10.6 Å².